The van der Waals surface area contributed by atoms with Crippen LogP contribution in [0.4, 0.5) is 0 Å². The van der Waals surface area contributed by atoms with Crippen molar-refractivity contribution in [3.63, 3.8) is 0 Å². The van der Waals surface area contributed by atoms with Gasteiger partial charge in [-0.15, -0.1) is 0 Å². The van der Waals surface area contributed by atoms with Crippen molar-refractivity contribution in [2.24, 2.45) is 0 Å². The van der Waals surface area contributed by atoms with Crippen LogP contribution in [0.3, 0.4) is 0 Å². The van der Waals surface area contributed by atoms with Gasteiger partial charge in [0.1, 0.15) is 11.0 Å². The fraction of sp³-hybridized carbons (Fsp3) is 0.312. The summed E-state index contributed by atoms with van der Waals surface area (Å²) < 4.78 is 0. The molecule has 0 aliphatic carbocycles. The summed E-state index contributed by atoms with van der Waals surface area (Å²) in [6.07, 6.45) is 2.42. The number of fused-ring (bicyclic) bond motifs is 1. The van der Waals surface area contributed by atoms with Crippen molar-refractivity contribution >= 4 is 26.8 Å². The normalized spacial score (nSPS) is 23.4. The second kappa shape index (κ2) is 4.77. The summed E-state index contributed by atoms with van der Waals surface area (Å²) in [4.78, 5) is 12.5. The molecule has 0 bridgehead atoms. The third-order valence-corrected chi connectivity index (χ3v) is 6.33. The van der Waals surface area contributed by atoms with Crippen molar-refractivity contribution in [2.45, 2.75) is 25.0 Å². The lowest BCUT2D eigenvalue weighted by molar-refractivity contribution is 0.108. The van der Waals surface area contributed by atoms with E-state index in [-0.39, 0.29) is 10.9 Å². The van der Waals surface area contributed by atoms with Gasteiger partial charge in [0.15, 0.2) is 0 Å². The van der Waals surface area contributed by atoms with E-state index in [2.05, 4.69) is 31.2 Å². The molecule has 0 amide bonds. The minimum atomic E-state index is -0.0496. The van der Waals surface area contributed by atoms with E-state index in [1.165, 1.54) is 23.6 Å². The van der Waals surface area contributed by atoms with E-state index in [9.17, 15) is 4.79 Å². The average Bonchev–Trinajstić information content (AvgIpc) is 2.83. The molecular formula is C16H17OS+. The molecule has 2 heteroatoms. The van der Waals surface area contributed by atoms with Crippen LogP contribution in [0.2, 0.25) is 0 Å². The van der Waals surface area contributed by atoms with Gasteiger partial charge in [-0.05, 0) is 42.7 Å². The minimum Gasteiger partial charge on any atom is -0.232 e. The first-order valence-corrected chi connectivity index (χ1v) is 7.94. The molecule has 2 aromatic rings. The largest absolute Gasteiger partial charge is 0.362 e. The maximum Gasteiger partial charge on any atom is 0.362 e. The number of carbonyl (C=O) groups excluding carboxylic acids is 1. The summed E-state index contributed by atoms with van der Waals surface area (Å²) >= 11 is 0. The van der Waals surface area contributed by atoms with Crippen molar-refractivity contribution in [1.29, 1.82) is 0 Å². The highest BCUT2D eigenvalue weighted by Crippen LogP contribution is 2.26. The third kappa shape index (κ3) is 2.05. The zero-order valence-corrected chi connectivity index (χ0v) is 11.4. The van der Waals surface area contributed by atoms with Crippen LogP contribution < -0.4 is 0 Å². The summed E-state index contributed by atoms with van der Waals surface area (Å²) in [6, 6.07) is 14.3. The Morgan fingerprint density at radius 2 is 1.94 bits per heavy atom. The molecule has 0 N–H and O–H groups in total. The van der Waals surface area contributed by atoms with Gasteiger partial charge in [-0.1, -0.05) is 30.3 Å². The Morgan fingerprint density at radius 3 is 2.67 bits per heavy atom. The monoisotopic (exact) mass is 257 g/mol. The van der Waals surface area contributed by atoms with Gasteiger partial charge < -0.3 is 0 Å². The van der Waals surface area contributed by atoms with E-state index >= 15 is 0 Å². The van der Waals surface area contributed by atoms with Crippen LogP contribution >= 0.6 is 0 Å². The lowest BCUT2D eigenvalue weighted by Crippen LogP contribution is -2.23. The van der Waals surface area contributed by atoms with Gasteiger partial charge in [0.2, 0.25) is 0 Å². The lowest BCUT2D eigenvalue weighted by atomic mass is 10.1. The lowest BCUT2D eigenvalue weighted by Gasteiger charge is -2.05. The first kappa shape index (κ1) is 11.8. The second-order valence-corrected chi connectivity index (χ2v) is 7.38. The first-order chi connectivity index (χ1) is 8.75. The number of carbonyl (C=O) groups is 1. The van der Waals surface area contributed by atoms with Gasteiger partial charge in [-0.2, -0.15) is 0 Å². The maximum atomic E-state index is 12.5. The molecule has 2 aromatic carbocycles. The van der Waals surface area contributed by atoms with Crippen LogP contribution in [0.15, 0.2) is 42.5 Å². The van der Waals surface area contributed by atoms with E-state index in [0.29, 0.717) is 10.4 Å². The SMILES string of the molecule is CC1CCC[S+]1C(=O)c1ccc2ccccc2c1. The van der Waals surface area contributed by atoms with Gasteiger partial charge in [-0.25, -0.2) is 4.79 Å². The average molecular weight is 257 g/mol. The molecule has 18 heavy (non-hydrogen) atoms. The number of hydrogen-bond acceptors (Lipinski definition) is 1. The van der Waals surface area contributed by atoms with Crippen molar-refractivity contribution in [3.05, 3.63) is 48.0 Å². The van der Waals surface area contributed by atoms with Crippen LogP contribution in [0.5, 0.6) is 0 Å². The van der Waals surface area contributed by atoms with Crippen molar-refractivity contribution in [3.8, 4) is 0 Å². The molecular weight excluding hydrogens is 240 g/mol. The van der Waals surface area contributed by atoms with Gasteiger partial charge >= 0.3 is 5.12 Å². The molecule has 1 aliphatic rings. The first-order valence-electron chi connectivity index (χ1n) is 6.48. The van der Waals surface area contributed by atoms with Gasteiger partial charge in [0, 0.05) is 0 Å². The fourth-order valence-corrected chi connectivity index (χ4v) is 4.92. The van der Waals surface area contributed by atoms with E-state index in [4.69, 9.17) is 0 Å². The molecule has 1 nitrogen and oxygen atoms in total. The predicted molar refractivity (Wildman–Crippen MR) is 79.2 cm³/mol. The molecule has 1 saturated heterocycles. The van der Waals surface area contributed by atoms with E-state index in [1.807, 2.05) is 18.2 Å². The Bertz CT molecular complexity index is 590. The van der Waals surface area contributed by atoms with Gasteiger partial charge in [0.05, 0.1) is 16.5 Å². The fourth-order valence-electron chi connectivity index (χ4n) is 2.61. The minimum absolute atomic E-state index is 0.0496. The van der Waals surface area contributed by atoms with E-state index < -0.39 is 0 Å². The third-order valence-electron chi connectivity index (χ3n) is 3.68. The standard InChI is InChI=1S/C16H17OS/c1-12-5-4-10-18(12)16(17)15-9-8-13-6-2-3-7-14(13)11-15/h2-3,6-9,11-12H,4-5,10H2,1H3/q+1. The molecule has 1 aliphatic heterocycles. The molecule has 2 unspecified atom stereocenters. The van der Waals surface area contributed by atoms with Gasteiger partial charge in [-0.3, -0.25) is 0 Å². The summed E-state index contributed by atoms with van der Waals surface area (Å²) in [7, 11) is -0.0496. The Kier molecular flexibility index (Phi) is 3.13. The van der Waals surface area contributed by atoms with Crippen LogP contribution in [0.1, 0.15) is 30.1 Å². The summed E-state index contributed by atoms with van der Waals surface area (Å²) in [5, 5.41) is 3.31. The molecule has 0 radical (unpaired) electrons. The Hall–Kier alpha value is -1.28. The van der Waals surface area contributed by atoms with Crippen LogP contribution in [0, 0.1) is 0 Å². The molecule has 3 rings (SSSR count). The number of hydrogen-bond donors (Lipinski definition) is 0. The molecule has 0 aromatic heterocycles. The number of benzene rings is 2. The smallest absolute Gasteiger partial charge is 0.232 e. The zero-order chi connectivity index (χ0) is 12.5. The van der Waals surface area contributed by atoms with Crippen molar-refractivity contribution in [1.82, 2.24) is 0 Å². The summed E-state index contributed by atoms with van der Waals surface area (Å²) in [5.74, 6) is 1.09. The summed E-state index contributed by atoms with van der Waals surface area (Å²) in [5.41, 5.74) is 0.894. The molecule has 2 atom stereocenters. The van der Waals surface area contributed by atoms with Crippen LogP contribution in [0.25, 0.3) is 10.8 Å². The van der Waals surface area contributed by atoms with Crippen molar-refractivity contribution in [2.75, 3.05) is 5.75 Å². The second-order valence-electron chi connectivity index (χ2n) is 4.94. The zero-order valence-electron chi connectivity index (χ0n) is 10.6. The molecule has 0 spiro atoms. The highest BCUT2D eigenvalue weighted by Gasteiger charge is 2.40. The van der Waals surface area contributed by atoms with Crippen LogP contribution in [-0.2, 0) is 10.9 Å². The quantitative estimate of drug-likeness (QED) is 0.711. The summed E-state index contributed by atoms with van der Waals surface area (Å²) in [6.45, 7) is 2.22. The highest BCUT2D eigenvalue weighted by atomic mass is 32.2. The predicted octanol–water partition coefficient (Wildman–Crippen LogP) is 3.78. The van der Waals surface area contributed by atoms with Gasteiger partial charge in [0.25, 0.3) is 0 Å². The maximum absolute atomic E-state index is 12.5. The Morgan fingerprint density at radius 1 is 1.17 bits per heavy atom. The van der Waals surface area contributed by atoms with Crippen LogP contribution in [-0.4, -0.2) is 16.1 Å². The Labute approximate surface area is 111 Å². The molecule has 92 valence electrons. The molecule has 1 heterocycles. The molecule has 0 saturated carbocycles. The number of rotatable bonds is 1. The van der Waals surface area contributed by atoms with E-state index in [1.54, 1.807) is 0 Å². The molecule has 1 fully saturated rings. The van der Waals surface area contributed by atoms with Crippen molar-refractivity contribution < 1.29 is 4.79 Å². The Balaban J connectivity index is 1.96. The highest BCUT2D eigenvalue weighted by molar-refractivity contribution is 8.12. The topological polar surface area (TPSA) is 17.1 Å². The van der Waals surface area contributed by atoms with E-state index in [0.717, 1.165) is 11.3 Å².